The van der Waals surface area contributed by atoms with Crippen LogP contribution >= 0.6 is 0 Å². The van der Waals surface area contributed by atoms with Crippen LogP contribution in [0, 0.1) is 0 Å². The molecule has 0 saturated carbocycles. The van der Waals surface area contributed by atoms with E-state index in [0.29, 0.717) is 17.1 Å². The third kappa shape index (κ3) is 4.86. The molecule has 6 nitrogen and oxygen atoms in total. The Labute approximate surface area is 147 Å². The first-order valence-electron chi connectivity index (χ1n) is 8.02. The number of rotatable bonds is 4. The topological polar surface area (TPSA) is 81.2 Å². The molecule has 0 aliphatic heterocycles. The molecule has 0 atom stereocenters. The number of nitrogens with one attached hydrogen (secondary N) is 1. The molecule has 2 heterocycles. The summed E-state index contributed by atoms with van der Waals surface area (Å²) in [5.41, 5.74) is -0.225. The van der Waals surface area contributed by atoms with E-state index in [-0.39, 0.29) is 5.78 Å². The Morgan fingerprint density at radius 3 is 2.24 bits per heavy atom. The molecule has 0 aromatic carbocycles. The Bertz CT molecular complexity index is 748. The van der Waals surface area contributed by atoms with Crippen molar-refractivity contribution in [3.05, 3.63) is 54.0 Å². The zero-order chi connectivity index (χ0) is 18.7. The fourth-order valence-electron chi connectivity index (χ4n) is 2.22. The van der Waals surface area contributed by atoms with E-state index < -0.39 is 17.1 Å². The summed E-state index contributed by atoms with van der Waals surface area (Å²) in [4.78, 5) is 32.9. The second-order valence-corrected chi connectivity index (χ2v) is 7.23. The van der Waals surface area contributed by atoms with Crippen LogP contribution in [0.25, 0.3) is 0 Å². The SMILES string of the molecule is CC(C)(C)OC(=O)Nc1ccc(C(=O)C(C)(C)c2ccccn2)cn1. The predicted molar refractivity (Wildman–Crippen MR) is 95.7 cm³/mol. The highest BCUT2D eigenvalue weighted by molar-refractivity contribution is 6.03. The first kappa shape index (κ1) is 18.6. The van der Waals surface area contributed by atoms with Gasteiger partial charge >= 0.3 is 6.09 Å². The molecule has 0 spiro atoms. The first-order valence-corrected chi connectivity index (χ1v) is 8.02. The zero-order valence-corrected chi connectivity index (χ0v) is 15.2. The van der Waals surface area contributed by atoms with E-state index in [2.05, 4.69) is 15.3 Å². The van der Waals surface area contributed by atoms with Crippen molar-refractivity contribution in [2.45, 2.75) is 45.6 Å². The van der Waals surface area contributed by atoms with Crippen molar-refractivity contribution in [3.63, 3.8) is 0 Å². The minimum absolute atomic E-state index is 0.0949. The van der Waals surface area contributed by atoms with Crippen molar-refractivity contribution in [1.29, 1.82) is 0 Å². The standard InChI is InChI=1S/C19H23N3O3/c1-18(2,3)25-17(24)22-15-10-9-13(12-21-15)16(23)19(4,5)14-8-6-7-11-20-14/h6-12H,1-5H3,(H,21,22,24). The number of ether oxygens (including phenoxy) is 1. The Morgan fingerprint density at radius 1 is 1.00 bits per heavy atom. The average molecular weight is 341 g/mol. The molecule has 0 saturated heterocycles. The van der Waals surface area contributed by atoms with Gasteiger partial charge in [-0.1, -0.05) is 6.07 Å². The summed E-state index contributed by atoms with van der Waals surface area (Å²) >= 11 is 0. The maximum atomic E-state index is 12.8. The molecule has 2 aromatic rings. The molecule has 6 heteroatoms. The van der Waals surface area contributed by atoms with Crippen molar-refractivity contribution in [2.24, 2.45) is 0 Å². The van der Waals surface area contributed by atoms with Crippen LogP contribution in [0.3, 0.4) is 0 Å². The van der Waals surface area contributed by atoms with Crippen molar-refractivity contribution in [2.75, 3.05) is 5.32 Å². The van der Waals surface area contributed by atoms with Crippen molar-refractivity contribution < 1.29 is 14.3 Å². The highest BCUT2D eigenvalue weighted by Crippen LogP contribution is 2.26. The fourth-order valence-corrected chi connectivity index (χ4v) is 2.22. The van der Waals surface area contributed by atoms with Gasteiger partial charge in [-0.25, -0.2) is 9.78 Å². The second-order valence-electron chi connectivity index (χ2n) is 7.23. The fraction of sp³-hybridized carbons (Fsp3) is 0.368. The number of pyridine rings is 2. The van der Waals surface area contributed by atoms with Crippen LogP contribution in [0.15, 0.2) is 42.7 Å². The molecular weight excluding hydrogens is 318 g/mol. The number of amides is 1. The van der Waals surface area contributed by atoms with Gasteiger partial charge in [-0.3, -0.25) is 15.1 Å². The quantitative estimate of drug-likeness (QED) is 0.851. The number of anilines is 1. The molecule has 25 heavy (non-hydrogen) atoms. The number of carbonyl (C=O) groups is 2. The number of carbonyl (C=O) groups excluding carboxylic acids is 2. The molecule has 132 valence electrons. The molecule has 2 aromatic heterocycles. The molecule has 2 rings (SSSR count). The number of Topliss-reactive ketones (excluding diaryl/α,β-unsaturated/α-hetero) is 1. The van der Waals surface area contributed by atoms with E-state index in [9.17, 15) is 9.59 Å². The lowest BCUT2D eigenvalue weighted by Crippen LogP contribution is -2.30. The number of ketones is 1. The largest absolute Gasteiger partial charge is 0.444 e. The van der Waals surface area contributed by atoms with Crippen LogP contribution in [-0.2, 0) is 10.2 Å². The molecule has 0 bridgehead atoms. The summed E-state index contributed by atoms with van der Waals surface area (Å²) in [6, 6.07) is 8.69. The van der Waals surface area contributed by atoms with Gasteiger partial charge in [-0.05, 0) is 58.9 Å². The summed E-state index contributed by atoms with van der Waals surface area (Å²) in [7, 11) is 0. The smallest absolute Gasteiger partial charge is 0.413 e. The number of aromatic nitrogens is 2. The van der Waals surface area contributed by atoms with Gasteiger partial charge in [0.15, 0.2) is 5.78 Å². The van der Waals surface area contributed by atoms with E-state index in [0.717, 1.165) is 0 Å². The first-order chi connectivity index (χ1) is 11.6. The normalized spacial score (nSPS) is 11.7. The maximum Gasteiger partial charge on any atom is 0.413 e. The highest BCUT2D eigenvalue weighted by Gasteiger charge is 2.32. The molecule has 0 radical (unpaired) electrons. The van der Waals surface area contributed by atoms with Crippen molar-refractivity contribution in [3.8, 4) is 0 Å². The van der Waals surface area contributed by atoms with E-state index >= 15 is 0 Å². The van der Waals surface area contributed by atoms with Crippen molar-refractivity contribution >= 4 is 17.7 Å². The van der Waals surface area contributed by atoms with E-state index in [4.69, 9.17) is 4.74 Å². The lowest BCUT2D eigenvalue weighted by Gasteiger charge is -2.22. The molecule has 0 fully saturated rings. The van der Waals surface area contributed by atoms with E-state index in [1.54, 1.807) is 39.1 Å². The van der Waals surface area contributed by atoms with Gasteiger partial charge in [0.2, 0.25) is 0 Å². The number of nitrogens with zero attached hydrogens (tertiary/aromatic N) is 2. The van der Waals surface area contributed by atoms with Crippen LogP contribution in [0.1, 0.15) is 50.7 Å². The zero-order valence-electron chi connectivity index (χ0n) is 15.2. The monoisotopic (exact) mass is 341 g/mol. The van der Waals surface area contributed by atoms with Crippen molar-refractivity contribution in [1.82, 2.24) is 9.97 Å². The minimum atomic E-state index is -0.775. The maximum absolute atomic E-state index is 12.8. The van der Waals surface area contributed by atoms with Crippen LogP contribution < -0.4 is 5.32 Å². The van der Waals surface area contributed by atoms with Gasteiger partial charge in [-0.15, -0.1) is 0 Å². The van der Waals surface area contributed by atoms with Gasteiger partial charge in [0, 0.05) is 18.0 Å². The van der Waals surface area contributed by atoms with Gasteiger partial charge in [0.05, 0.1) is 11.1 Å². The third-order valence-corrected chi connectivity index (χ3v) is 3.53. The lowest BCUT2D eigenvalue weighted by molar-refractivity contribution is 0.0635. The molecule has 0 unspecified atom stereocenters. The average Bonchev–Trinajstić information content (AvgIpc) is 2.54. The Morgan fingerprint density at radius 2 is 1.72 bits per heavy atom. The summed E-state index contributed by atoms with van der Waals surface area (Å²) in [5, 5.41) is 2.54. The van der Waals surface area contributed by atoms with Crippen LogP contribution in [0.5, 0.6) is 0 Å². The highest BCUT2D eigenvalue weighted by atomic mass is 16.6. The summed E-state index contributed by atoms with van der Waals surface area (Å²) in [6.07, 6.45) is 2.52. The number of hydrogen-bond donors (Lipinski definition) is 1. The second kappa shape index (κ2) is 7.01. The molecular formula is C19H23N3O3. The molecule has 1 N–H and O–H groups in total. The summed E-state index contributed by atoms with van der Waals surface area (Å²) in [5.74, 6) is 0.226. The Hall–Kier alpha value is -2.76. The van der Waals surface area contributed by atoms with Crippen LogP contribution in [-0.4, -0.2) is 27.4 Å². The molecule has 0 aliphatic carbocycles. The van der Waals surface area contributed by atoms with Crippen LogP contribution in [0.4, 0.5) is 10.6 Å². The van der Waals surface area contributed by atoms with Gasteiger partial charge in [0.25, 0.3) is 0 Å². The predicted octanol–water partition coefficient (Wildman–Crippen LogP) is 3.98. The Kier molecular flexibility index (Phi) is 5.21. The number of hydrogen-bond acceptors (Lipinski definition) is 5. The third-order valence-electron chi connectivity index (χ3n) is 3.53. The summed E-state index contributed by atoms with van der Waals surface area (Å²) < 4.78 is 5.17. The Balaban J connectivity index is 2.12. The summed E-state index contributed by atoms with van der Waals surface area (Å²) in [6.45, 7) is 8.99. The van der Waals surface area contributed by atoms with E-state index in [1.165, 1.54) is 6.20 Å². The van der Waals surface area contributed by atoms with E-state index in [1.807, 2.05) is 32.0 Å². The molecule has 0 aliphatic rings. The van der Waals surface area contributed by atoms with Gasteiger partial charge in [0.1, 0.15) is 11.4 Å². The minimum Gasteiger partial charge on any atom is -0.444 e. The lowest BCUT2D eigenvalue weighted by atomic mass is 9.81. The molecule has 1 amide bonds. The van der Waals surface area contributed by atoms with Gasteiger partial charge in [-0.2, -0.15) is 0 Å². The van der Waals surface area contributed by atoms with Crippen LogP contribution in [0.2, 0.25) is 0 Å². The van der Waals surface area contributed by atoms with Gasteiger partial charge < -0.3 is 4.74 Å².